The lowest BCUT2D eigenvalue weighted by Gasteiger charge is -2.07. The Morgan fingerprint density at radius 2 is 2.07 bits per heavy atom. The van der Waals surface area contributed by atoms with Crippen LogP contribution in [0.25, 0.3) is 0 Å². The van der Waals surface area contributed by atoms with E-state index in [2.05, 4.69) is 10.2 Å². The number of halogens is 1. The highest BCUT2D eigenvalue weighted by Crippen LogP contribution is 2.25. The molecule has 0 saturated carbocycles. The van der Waals surface area contributed by atoms with Crippen molar-refractivity contribution >= 4 is 11.6 Å². The van der Waals surface area contributed by atoms with E-state index in [9.17, 15) is 0 Å². The van der Waals surface area contributed by atoms with Gasteiger partial charge >= 0.3 is 0 Å². The van der Waals surface area contributed by atoms with Gasteiger partial charge in [0, 0.05) is 13.2 Å². The molecule has 1 aromatic rings. The molecular weight excluding hydrogens is 208 g/mol. The molecule has 1 heterocycles. The van der Waals surface area contributed by atoms with Crippen LogP contribution in [0.1, 0.15) is 0 Å². The second-order valence-electron chi connectivity index (χ2n) is 2.38. The van der Waals surface area contributed by atoms with Crippen molar-refractivity contribution in [2.75, 3.05) is 27.4 Å². The third-order valence-corrected chi connectivity index (χ3v) is 1.63. The first-order chi connectivity index (χ1) is 6.77. The fraction of sp³-hybridized carbons (Fsp3) is 0.500. The summed E-state index contributed by atoms with van der Waals surface area (Å²) in [7, 11) is 3.10. The maximum absolute atomic E-state index is 5.62. The molecule has 0 aliphatic rings. The van der Waals surface area contributed by atoms with Crippen LogP contribution in [0.15, 0.2) is 6.07 Å². The van der Waals surface area contributed by atoms with E-state index in [-0.39, 0.29) is 5.15 Å². The highest BCUT2D eigenvalue weighted by Gasteiger charge is 2.07. The summed E-state index contributed by atoms with van der Waals surface area (Å²) in [6.07, 6.45) is 0. The van der Waals surface area contributed by atoms with Crippen LogP contribution >= 0.6 is 11.6 Å². The number of hydrogen-bond acceptors (Lipinski definition) is 5. The lowest BCUT2D eigenvalue weighted by molar-refractivity contribution is 0.140. The van der Waals surface area contributed by atoms with Gasteiger partial charge in [0.1, 0.15) is 6.61 Å². The second kappa shape index (κ2) is 5.62. The summed E-state index contributed by atoms with van der Waals surface area (Å²) in [5, 5.41) is 7.64. The lowest BCUT2D eigenvalue weighted by Crippen LogP contribution is -2.07. The quantitative estimate of drug-likeness (QED) is 0.695. The van der Waals surface area contributed by atoms with Crippen molar-refractivity contribution in [2.24, 2.45) is 0 Å². The number of hydrogen-bond donors (Lipinski definition) is 0. The number of aromatic nitrogens is 2. The predicted octanol–water partition coefficient (Wildman–Crippen LogP) is 1.16. The molecule has 0 unspecified atom stereocenters. The van der Waals surface area contributed by atoms with Crippen molar-refractivity contribution in [1.29, 1.82) is 0 Å². The molecule has 0 spiro atoms. The third kappa shape index (κ3) is 3.01. The van der Waals surface area contributed by atoms with Gasteiger partial charge in [0.15, 0.2) is 10.9 Å². The van der Waals surface area contributed by atoms with Gasteiger partial charge in [0.05, 0.1) is 13.7 Å². The third-order valence-electron chi connectivity index (χ3n) is 1.44. The van der Waals surface area contributed by atoms with E-state index in [1.54, 1.807) is 7.11 Å². The summed E-state index contributed by atoms with van der Waals surface area (Å²) in [5.74, 6) is 0.773. The zero-order valence-corrected chi connectivity index (χ0v) is 8.74. The van der Waals surface area contributed by atoms with Crippen LogP contribution in [0, 0.1) is 0 Å². The summed E-state index contributed by atoms with van der Waals surface area (Å²) in [4.78, 5) is 0. The van der Waals surface area contributed by atoms with Crippen molar-refractivity contribution < 1.29 is 14.2 Å². The Hall–Kier alpha value is -1.07. The summed E-state index contributed by atoms with van der Waals surface area (Å²) in [6, 6.07) is 1.54. The Labute approximate surface area is 86.9 Å². The summed E-state index contributed by atoms with van der Waals surface area (Å²) in [5.41, 5.74) is 0. The van der Waals surface area contributed by atoms with Gasteiger partial charge in [0.25, 0.3) is 5.88 Å². The van der Waals surface area contributed by atoms with Gasteiger partial charge in [-0.25, -0.2) is 0 Å². The Balaban J connectivity index is 2.65. The Morgan fingerprint density at radius 3 is 2.71 bits per heavy atom. The molecule has 1 aromatic heterocycles. The predicted molar refractivity (Wildman–Crippen MR) is 51.0 cm³/mol. The number of rotatable bonds is 5. The molecule has 78 valence electrons. The Kier molecular flexibility index (Phi) is 4.42. The van der Waals surface area contributed by atoms with Crippen LogP contribution in [0.2, 0.25) is 5.15 Å². The van der Waals surface area contributed by atoms with Crippen LogP contribution in [0.5, 0.6) is 11.6 Å². The number of methoxy groups -OCH3 is 2. The molecule has 0 amide bonds. The molecule has 0 saturated heterocycles. The van der Waals surface area contributed by atoms with Crippen molar-refractivity contribution in [2.45, 2.75) is 0 Å². The van der Waals surface area contributed by atoms with Gasteiger partial charge < -0.3 is 14.2 Å². The van der Waals surface area contributed by atoms with E-state index in [0.717, 1.165) is 0 Å². The highest BCUT2D eigenvalue weighted by molar-refractivity contribution is 6.29. The molecule has 0 bridgehead atoms. The van der Waals surface area contributed by atoms with E-state index in [4.69, 9.17) is 25.8 Å². The van der Waals surface area contributed by atoms with Gasteiger partial charge in [-0.2, -0.15) is 0 Å². The molecule has 0 atom stereocenters. The molecule has 6 heteroatoms. The maximum atomic E-state index is 5.62. The smallest absolute Gasteiger partial charge is 0.276 e. The Morgan fingerprint density at radius 1 is 1.29 bits per heavy atom. The molecule has 0 aromatic carbocycles. The largest absolute Gasteiger partial charge is 0.491 e. The minimum atomic E-state index is 0.265. The standard InChI is InChI=1S/C8H11ClN2O3/c1-12-3-4-14-8-6(13-2)5-7(9)10-11-8/h5H,3-4H2,1-2H3. The van der Waals surface area contributed by atoms with Crippen LogP contribution in [0.4, 0.5) is 0 Å². The zero-order valence-electron chi connectivity index (χ0n) is 7.99. The fourth-order valence-electron chi connectivity index (χ4n) is 0.809. The lowest BCUT2D eigenvalue weighted by atomic mass is 10.5. The molecule has 0 fully saturated rings. The zero-order chi connectivity index (χ0) is 10.4. The topological polar surface area (TPSA) is 53.5 Å². The van der Waals surface area contributed by atoms with E-state index < -0.39 is 0 Å². The summed E-state index contributed by atoms with van der Waals surface area (Å²) in [6.45, 7) is 0.872. The molecule has 1 rings (SSSR count). The van der Waals surface area contributed by atoms with E-state index in [0.29, 0.717) is 24.8 Å². The molecule has 0 radical (unpaired) electrons. The summed E-state index contributed by atoms with van der Waals surface area (Å²) < 4.78 is 15.1. The van der Waals surface area contributed by atoms with E-state index in [1.807, 2.05) is 0 Å². The van der Waals surface area contributed by atoms with Gasteiger partial charge in [0.2, 0.25) is 0 Å². The van der Waals surface area contributed by atoms with Gasteiger partial charge in [-0.05, 0) is 0 Å². The minimum absolute atomic E-state index is 0.265. The van der Waals surface area contributed by atoms with Crippen molar-refractivity contribution in [3.05, 3.63) is 11.2 Å². The van der Waals surface area contributed by atoms with Crippen LogP contribution < -0.4 is 9.47 Å². The average Bonchev–Trinajstić information content (AvgIpc) is 2.20. The molecule has 0 aliphatic carbocycles. The highest BCUT2D eigenvalue weighted by atomic mass is 35.5. The molecular formula is C8H11ClN2O3. The molecule has 0 aliphatic heterocycles. The van der Waals surface area contributed by atoms with Crippen molar-refractivity contribution in [3.8, 4) is 11.6 Å². The SMILES string of the molecule is COCCOc1nnc(Cl)cc1OC. The van der Waals surface area contributed by atoms with Crippen molar-refractivity contribution in [3.63, 3.8) is 0 Å². The van der Waals surface area contributed by atoms with E-state index >= 15 is 0 Å². The molecule has 5 nitrogen and oxygen atoms in total. The monoisotopic (exact) mass is 218 g/mol. The second-order valence-corrected chi connectivity index (χ2v) is 2.77. The van der Waals surface area contributed by atoms with Crippen LogP contribution in [-0.2, 0) is 4.74 Å². The van der Waals surface area contributed by atoms with Crippen LogP contribution in [0.3, 0.4) is 0 Å². The molecule has 14 heavy (non-hydrogen) atoms. The van der Waals surface area contributed by atoms with Crippen molar-refractivity contribution in [1.82, 2.24) is 10.2 Å². The van der Waals surface area contributed by atoms with Gasteiger partial charge in [-0.15, -0.1) is 10.2 Å². The molecule has 0 N–H and O–H groups in total. The van der Waals surface area contributed by atoms with Gasteiger partial charge in [-0.3, -0.25) is 0 Å². The maximum Gasteiger partial charge on any atom is 0.276 e. The fourth-order valence-corrected chi connectivity index (χ4v) is 0.946. The number of ether oxygens (including phenoxy) is 3. The normalized spacial score (nSPS) is 9.93. The number of nitrogens with zero attached hydrogens (tertiary/aromatic N) is 2. The minimum Gasteiger partial charge on any atom is -0.491 e. The van der Waals surface area contributed by atoms with Gasteiger partial charge in [-0.1, -0.05) is 11.6 Å². The first-order valence-electron chi connectivity index (χ1n) is 3.97. The Bertz CT molecular complexity index is 296. The summed E-state index contributed by atoms with van der Waals surface area (Å²) >= 11 is 5.62. The average molecular weight is 219 g/mol. The van der Waals surface area contributed by atoms with E-state index in [1.165, 1.54) is 13.2 Å². The first-order valence-corrected chi connectivity index (χ1v) is 4.34. The van der Waals surface area contributed by atoms with Crippen LogP contribution in [-0.4, -0.2) is 37.6 Å². The first kappa shape index (κ1) is 11.0.